The van der Waals surface area contributed by atoms with Gasteiger partial charge >= 0.3 is 5.97 Å². The third-order valence-electron chi connectivity index (χ3n) is 4.08. The van der Waals surface area contributed by atoms with Crippen LogP contribution >= 0.6 is 0 Å². The van der Waals surface area contributed by atoms with Crippen molar-refractivity contribution in [1.82, 2.24) is 0 Å². The summed E-state index contributed by atoms with van der Waals surface area (Å²) in [4.78, 5) is 23.4. The molecule has 140 valence electrons. The van der Waals surface area contributed by atoms with Crippen molar-refractivity contribution < 1.29 is 24.2 Å². The molecule has 0 saturated heterocycles. The highest BCUT2D eigenvalue weighted by Crippen LogP contribution is 2.28. The summed E-state index contributed by atoms with van der Waals surface area (Å²) in [5.41, 5.74) is 0.567. The van der Waals surface area contributed by atoms with Crippen molar-refractivity contribution in [2.75, 3.05) is 19.0 Å². The van der Waals surface area contributed by atoms with Crippen LogP contribution in [0, 0.1) is 11.3 Å². The quantitative estimate of drug-likeness (QED) is 0.778. The van der Waals surface area contributed by atoms with Gasteiger partial charge in [-0.15, -0.1) is 0 Å². The number of carboxylic acid groups (broad SMARTS) is 1. The molecule has 0 atom stereocenters. The molecular weight excluding hydrogens is 348 g/mol. The molecule has 2 aromatic carbocycles. The minimum Gasteiger partial charge on any atom is -0.493 e. The lowest BCUT2D eigenvalue weighted by Crippen LogP contribution is -2.28. The third-order valence-corrected chi connectivity index (χ3v) is 4.08. The number of carbonyl (C=O) groups is 2. The highest BCUT2D eigenvalue weighted by molar-refractivity contribution is 5.92. The Morgan fingerprint density at radius 3 is 2.37 bits per heavy atom. The molecule has 0 unspecified atom stereocenters. The topological polar surface area (TPSA) is 109 Å². The first kappa shape index (κ1) is 19.8. The predicted octanol–water partition coefficient (Wildman–Crippen LogP) is 2.95. The summed E-state index contributed by atoms with van der Waals surface area (Å²) in [6.45, 7) is 2.98. The number of anilines is 1. The van der Waals surface area contributed by atoms with Gasteiger partial charge in [-0.1, -0.05) is 12.1 Å². The number of nitrogens with zero attached hydrogens (tertiary/aromatic N) is 1. The van der Waals surface area contributed by atoms with E-state index >= 15 is 0 Å². The van der Waals surface area contributed by atoms with E-state index in [1.165, 1.54) is 13.2 Å². The van der Waals surface area contributed by atoms with Gasteiger partial charge in [-0.05, 0) is 43.7 Å². The van der Waals surface area contributed by atoms with Gasteiger partial charge in [0.25, 0.3) is 5.91 Å². The molecule has 0 bridgehead atoms. The molecule has 0 aliphatic rings. The number of benzene rings is 2. The maximum absolute atomic E-state index is 12.1. The molecule has 27 heavy (non-hydrogen) atoms. The fourth-order valence-corrected chi connectivity index (χ4v) is 2.29. The molecule has 2 aromatic rings. The van der Waals surface area contributed by atoms with E-state index in [1.807, 2.05) is 6.07 Å². The fraction of sp³-hybridized carbons (Fsp3) is 0.250. The molecule has 2 N–H and O–H groups in total. The monoisotopic (exact) mass is 368 g/mol. The Balaban J connectivity index is 1.99. The van der Waals surface area contributed by atoms with Gasteiger partial charge in [0.05, 0.1) is 24.2 Å². The van der Waals surface area contributed by atoms with Gasteiger partial charge in [-0.3, -0.25) is 9.59 Å². The number of aliphatic carboxylic acids is 1. The van der Waals surface area contributed by atoms with Crippen LogP contribution in [-0.4, -0.2) is 30.7 Å². The highest BCUT2D eigenvalue weighted by atomic mass is 16.5. The van der Waals surface area contributed by atoms with Gasteiger partial charge in [-0.25, -0.2) is 0 Å². The number of methoxy groups -OCH3 is 1. The number of carbonyl (C=O) groups excluding carboxylic acids is 1. The van der Waals surface area contributed by atoms with Crippen molar-refractivity contribution in [3.8, 4) is 17.6 Å². The minimum atomic E-state index is -1.02. The van der Waals surface area contributed by atoms with Crippen LogP contribution in [0.1, 0.15) is 25.0 Å². The van der Waals surface area contributed by atoms with Crippen LogP contribution in [-0.2, 0) is 15.0 Å². The van der Waals surface area contributed by atoms with E-state index in [0.29, 0.717) is 28.3 Å². The fourth-order valence-electron chi connectivity index (χ4n) is 2.29. The van der Waals surface area contributed by atoms with Crippen molar-refractivity contribution in [3.63, 3.8) is 0 Å². The van der Waals surface area contributed by atoms with E-state index in [1.54, 1.807) is 50.2 Å². The van der Waals surface area contributed by atoms with Crippen molar-refractivity contribution in [3.05, 3.63) is 53.6 Å². The summed E-state index contributed by atoms with van der Waals surface area (Å²) < 4.78 is 10.6. The van der Waals surface area contributed by atoms with E-state index in [0.717, 1.165) is 0 Å². The minimum absolute atomic E-state index is 0.245. The second-order valence-electron chi connectivity index (χ2n) is 6.32. The number of ether oxygens (including phenoxy) is 2. The standard InChI is InChI=1S/C20H20N2O5/c1-20(2,19(24)25)14-5-7-15(8-6-14)22-18(23)12-27-16-9-4-13(11-21)10-17(16)26-3/h4-10H,12H2,1-3H3,(H,22,23)(H,24,25). The number of rotatable bonds is 7. The Labute approximate surface area is 157 Å². The van der Waals surface area contributed by atoms with Crippen LogP contribution in [0.4, 0.5) is 5.69 Å². The predicted molar refractivity (Wildman–Crippen MR) is 98.9 cm³/mol. The van der Waals surface area contributed by atoms with E-state index in [9.17, 15) is 14.7 Å². The Morgan fingerprint density at radius 1 is 1.15 bits per heavy atom. The third kappa shape index (κ3) is 4.76. The lowest BCUT2D eigenvalue weighted by molar-refractivity contribution is -0.142. The van der Waals surface area contributed by atoms with Gasteiger partial charge in [-0.2, -0.15) is 5.26 Å². The number of nitrogens with one attached hydrogen (secondary N) is 1. The second kappa shape index (κ2) is 8.23. The first-order valence-electron chi connectivity index (χ1n) is 8.12. The summed E-state index contributed by atoms with van der Waals surface area (Å²) >= 11 is 0. The first-order valence-corrected chi connectivity index (χ1v) is 8.12. The summed E-state index contributed by atoms with van der Waals surface area (Å²) in [5, 5.41) is 20.8. The number of amides is 1. The Hall–Kier alpha value is -3.53. The van der Waals surface area contributed by atoms with Crippen LogP contribution in [0.5, 0.6) is 11.5 Å². The molecule has 7 heteroatoms. The van der Waals surface area contributed by atoms with Crippen LogP contribution in [0.25, 0.3) is 0 Å². The van der Waals surface area contributed by atoms with E-state index in [4.69, 9.17) is 14.7 Å². The molecule has 0 heterocycles. The lowest BCUT2D eigenvalue weighted by Gasteiger charge is -2.20. The van der Waals surface area contributed by atoms with Crippen molar-refractivity contribution in [2.45, 2.75) is 19.3 Å². The molecule has 1 amide bonds. The SMILES string of the molecule is COc1cc(C#N)ccc1OCC(=O)Nc1ccc(C(C)(C)C(=O)O)cc1. The molecule has 0 aliphatic heterocycles. The van der Waals surface area contributed by atoms with Gasteiger partial charge in [0.15, 0.2) is 18.1 Å². The average molecular weight is 368 g/mol. The molecule has 7 nitrogen and oxygen atoms in total. The van der Waals surface area contributed by atoms with Crippen LogP contribution in [0.3, 0.4) is 0 Å². The largest absolute Gasteiger partial charge is 0.493 e. The second-order valence-corrected chi connectivity index (χ2v) is 6.32. The van der Waals surface area contributed by atoms with Crippen molar-refractivity contribution >= 4 is 17.6 Å². The maximum atomic E-state index is 12.1. The molecular formula is C20H20N2O5. The Morgan fingerprint density at radius 2 is 1.81 bits per heavy atom. The zero-order valence-corrected chi connectivity index (χ0v) is 15.3. The van der Waals surface area contributed by atoms with Crippen LogP contribution < -0.4 is 14.8 Å². The molecule has 0 radical (unpaired) electrons. The normalized spacial score (nSPS) is 10.6. The van der Waals surface area contributed by atoms with Crippen LogP contribution in [0.2, 0.25) is 0 Å². The van der Waals surface area contributed by atoms with Crippen molar-refractivity contribution in [1.29, 1.82) is 5.26 Å². The van der Waals surface area contributed by atoms with Gasteiger partial charge in [0, 0.05) is 11.8 Å². The van der Waals surface area contributed by atoms with Gasteiger partial charge in [0.1, 0.15) is 0 Å². The number of hydrogen-bond donors (Lipinski definition) is 2. The molecule has 0 saturated carbocycles. The highest BCUT2D eigenvalue weighted by Gasteiger charge is 2.29. The maximum Gasteiger partial charge on any atom is 0.313 e. The number of carboxylic acids is 1. The van der Waals surface area contributed by atoms with Crippen LogP contribution in [0.15, 0.2) is 42.5 Å². The zero-order valence-electron chi connectivity index (χ0n) is 15.3. The number of nitriles is 1. The van der Waals surface area contributed by atoms with E-state index < -0.39 is 11.4 Å². The molecule has 0 aromatic heterocycles. The number of hydrogen-bond acceptors (Lipinski definition) is 5. The summed E-state index contributed by atoms with van der Waals surface area (Å²) in [6, 6.07) is 13.3. The van der Waals surface area contributed by atoms with Gasteiger partial charge in [0.2, 0.25) is 0 Å². The molecule has 0 fully saturated rings. The smallest absolute Gasteiger partial charge is 0.313 e. The van der Waals surface area contributed by atoms with Crippen molar-refractivity contribution in [2.24, 2.45) is 0 Å². The molecule has 2 rings (SSSR count). The zero-order chi connectivity index (χ0) is 20.0. The lowest BCUT2D eigenvalue weighted by atomic mass is 9.85. The van der Waals surface area contributed by atoms with E-state index in [2.05, 4.69) is 5.32 Å². The molecule has 0 aliphatic carbocycles. The Bertz CT molecular complexity index is 882. The first-order chi connectivity index (χ1) is 12.8. The summed E-state index contributed by atoms with van der Waals surface area (Å²) in [7, 11) is 1.45. The molecule has 0 spiro atoms. The average Bonchev–Trinajstić information content (AvgIpc) is 2.66. The summed E-state index contributed by atoms with van der Waals surface area (Å²) in [6.07, 6.45) is 0. The summed E-state index contributed by atoms with van der Waals surface area (Å²) in [5.74, 6) is -0.594. The van der Waals surface area contributed by atoms with Gasteiger partial charge < -0.3 is 19.9 Å². The Kier molecular flexibility index (Phi) is 6.03. The van der Waals surface area contributed by atoms with E-state index in [-0.39, 0.29) is 12.5 Å².